The molecule has 4 N–H and O–H groups in total. The Balaban J connectivity index is 3.88. The summed E-state index contributed by atoms with van der Waals surface area (Å²) in [5.74, 6) is -1.63. The largest absolute Gasteiger partial charge is 0.512 e. The van der Waals surface area contributed by atoms with Gasteiger partial charge in [0.25, 0.3) is 0 Å². The van der Waals surface area contributed by atoms with E-state index < -0.39 is 30.7 Å². The summed E-state index contributed by atoms with van der Waals surface area (Å²) in [4.78, 5) is 10.6. The van der Waals surface area contributed by atoms with E-state index in [4.69, 9.17) is 20.4 Å². The molecule has 0 saturated carbocycles. The summed E-state index contributed by atoms with van der Waals surface area (Å²) in [6.45, 7) is -0.551. The van der Waals surface area contributed by atoms with Crippen molar-refractivity contribution in [3.8, 4) is 0 Å². The Morgan fingerprint density at radius 2 is 2.09 bits per heavy atom. The molecule has 0 aliphatic heterocycles. The average molecular weight is 162 g/mol. The highest BCUT2D eigenvalue weighted by Crippen LogP contribution is 1.98. The number of allylic oxidation sites excluding steroid dienone is 1. The first-order valence-corrected chi connectivity index (χ1v) is 2.97. The molecule has 5 nitrogen and oxygen atoms in total. The van der Waals surface area contributed by atoms with Gasteiger partial charge in [0.2, 0.25) is 5.78 Å². The molecule has 0 saturated heterocycles. The monoisotopic (exact) mass is 162 g/mol. The second-order valence-electron chi connectivity index (χ2n) is 1.98. The van der Waals surface area contributed by atoms with E-state index in [2.05, 4.69) is 0 Å². The molecule has 11 heavy (non-hydrogen) atoms. The summed E-state index contributed by atoms with van der Waals surface area (Å²) in [5.41, 5.74) is 0. The maximum Gasteiger partial charge on any atom is 0.203 e. The zero-order chi connectivity index (χ0) is 8.85. The van der Waals surface area contributed by atoms with E-state index >= 15 is 0 Å². The Morgan fingerprint density at radius 3 is 2.45 bits per heavy atom. The summed E-state index contributed by atoms with van der Waals surface area (Å²) in [5, 5.41) is 33.6. The summed E-state index contributed by atoms with van der Waals surface area (Å²) in [6, 6.07) is 0. The van der Waals surface area contributed by atoms with Crippen LogP contribution in [0.4, 0.5) is 0 Å². The highest BCUT2D eigenvalue weighted by molar-refractivity contribution is 5.92. The van der Waals surface area contributed by atoms with Crippen LogP contribution in [-0.2, 0) is 4.79 Å². The van der Waals surface area contributed by atoms with Crippen LogP contribution in [0.1, 0.15) is 6.42 Å². The Bertz CT molecular complexity index is 162. The normalized spacial score (nSPS) is 14.5. The van der Waals surface area contributed by atoms with E-state index in [0.29, 0.717) is 0 Å². The lowest BCUT2D eigenvalue weighted by Gasteiger charge is -2.03. The van der Waals surface area contributed by atoms with Crippen molar-refractivity contribution >= 4 is 5.78 Å². The van der Waals surface area contributed by atoms with Crippen LogP contribution in [0.15, 0.2) is 12.0 Å². The first-order chi connectivity index (χ1) is 5.11. The molecule has 0 rings (SSSR count). The lowest BCUT2D eigenvalue weighted by Crippen LogP contribution is -2.18. The molecular weight excluding hydrogens is 152 g/mol. The van der Waals surface area contributed by atoms with E-state index in [0.717, 1.165) is 0 Å². The van der Waals surface area contributed by atoms with Crippen LogP contribution in [0.2, 0.25) is 0 Å². The van der Waals surface area contributed by atoms with Crippen molar-refractivity contribution in [2.75, 3.05) is 6.61 Å². The predicted molar refractivity (Wildman–Crippen MR) is 36.1 cm³/mol. The number of hydrogen-bond donors (Lipinski definition) is 4. The van der Waals surface area contributed by atoms with Crippen LogP contribution < -0.4 is 0 Å². The van der Waals surface area contributed by atoms with Crippen LogP contribution in [0.3, 0.4) is 0 Å². The maximum absolute atomic E-state index is 10.6. The second-order valence-corrected chi connectivity index (χ2v) is 1.98. The molecule has 0 aromatic rings. The van der Waals surface area contributed by atoms with E-state index in [1.165, 1.54) is 0 Å². The van der Waals surface area contributed by atoms with Crippen molar-refractivity contribution in [2.24, 2.45) is 0 Å². The summed E-state index contributed by atoms with van der Waals surface area (Å²) < 4.78 is 0. The van der Waals surface area contributed by atoms with Gasteiger partial charge in [-0.3, -0.25) is 4.79 Å². The Hall–Kier alpha value is -1.07. The Labute approximate surface area is 63.2 Å². The zero-order valence-electron chi connectivity index (χ0n) is 5.77. The van der Waals surface area contributed by atoms with Gasteiger partial charge in [0.05, 0.1) is 12.7 Å². The van der Waals surface area contributed by atoms with E-state index in [9.17, 15) is 4.79 Å². The van der Waals surface area contributed by atoms with Crippen molar-refractivity contribution in [2.45, 2.75) is 12.5 Å². The molecule has 1 atom stereocenters. The van der Waals surface area contributed by atoms with Gasteiger partial charge < -0.3 is 20.4 Å². The standard InChI is InChI=1S/C6H10O5/c7-2-4(9)1-5(10)6(11)3-8/h3-4,7-9,11H,1-2H2. The molecule has 0 aliphatic carbocycles. The van der Waals surface area contributed by atoms with Crippen molar-refractivity contribution in [1.82, 2.24) is 0 Å². The molecule has 0 aromatic carbocycles. The molecule has 5 heteroatoms. The number of hydrogen-bond acceptors (Lipinski definition) is 5. The molecule has 64 valence electrons. The van der Waals surface area contributed by atoms with Crippen LogP contribution in [-0.4, -0.2) is 38.9 Å². The first-order valence-electron chi connectivity index (χ1n) is 2.97. The third-order valence-corrected chi connectivity index (χ3v) is 1.04. The summed E-state index contributed by atoms with van der Waals surface area (Å²) in [6.07, 6.45) is -1.35. The highest BCUT2D eigenvalue weighted by atomic mass is 16.3. The predicted octanol–water partition coefficient (Wildman–Crippen LogP) is -0.744. The number of rotatable bonds is 4. The van der Waals surface area contributed by atoms with Gasteiger partial charge in [-0.2, -0.15) is 0 Å². The second kappa shape index (κ2) is 4.70. The lowest BCUT2D eigenvalue weighted by molar-refractivity contribution is -0.120. The number of aliphatic hydroxyl groups is 4. The van der Waals surface area contributed by atoms with E-state index in [1.807, 2.05) is 0 Å². The van der Waals surface area contributed by atoms with Gasteiger partial charge >= 0.3 is 0 Å². The minimum atomic E-state index is -1.19. The minimum absolute atomic E-state index is 0.242. The van der Waals surface area contributed by atoms with Crippen molar-refractivity contribution in [1.29, 1.82) is 0 Å². The lowest BCUT2D eigenvalue weighted by atomic mass is 10.2. The molecule has 0 spiro atoms. The first kappa shape index (κ1) is 9.93. The molecule has 0 heterocycles. The van der Waals surface area contributed by atoms with Crippen LogP contribution >= 0.6 is 0 Å². The SMILES string of the molecule is O=C(CC(O)CO)C(O)=CO. The smallest absolute Gasteiger partial charge is 0.203 e. The quantitative estimate of drug-likeness (QED) is 0.322. The van der Waals surface area contributed by atoms with E-state index in [-0.39, 0.29) is 6.26 Å². The van der Waals surface area contributed by atoms with Crippen molar-refractivity contribution in [3.63, 3.8) is 0 Å². The number of ketones is 1. The van der Waals surface area contributed by atoms with Crippen molar-refractivity contribution in [3.05, 3.63) is 12.0 Å². The fourth-order valence-corrected chi connectivity index (χ4v) is 0.455. The third-order valence-electron chi connectivity index (χ3n) is 1.04. The van der Waals surface area contributed by atoms with Gasteiger partial charge in [0.15, 0.2) is 5.76 Å². The number of aliphatic hydroxyl groups excluding tert-OH is 4. The number of carbonyl (C=O) groups excluding carboxylic acids is 1. The van der Waals surface area contributed by atoms with Gasteiger partial charge in [0.1, 0.15) is 6.26 Å². The summed E-state index contributed by atoms with van der Waals surface area (Å²) in [7, 11) is 0. The number of carbonyl (C=O) groups is 1. The van der Waals surface area contributed by atoms with Gasteiger partial charge in [0, 0.05) is 6.42 Å². The van der Waals surface area contributed by atoms with Crippen LogP contribution in [0.5, 0.6) is 0 Å². The molecular formula is C6H10O5. The number of Topliss-reactive ketones (excluding diaryl/α,β-unsaturated/α-hetero) is 1. The Kier molecular flexibility index (Phi) is 4.24. The average Bonchev–Trinajstić information content (AvgIpc) is 2.02. The van der Waals surface area contributed by atoms with Gasteiger partial charge in [-0.05, 0) is 0 Å². The molecule has 0 radical (unpaired) electrons. The van der Waals surface area contributed by atoms with E-state index in [1.54, 1.807) is 0 Å². The molecule has 1 unspecified atom stereocenters. The van der Waals surface area contributed by atoms with Crippen molar-refractivity contribution < 1.29 is 25.2 Å². The minimum Gasteiger partial charge on any atom is -0.512 e. The molecule has 0 fully saturated rings. The molecule has 0 amide bonds. The highest BCUT2D eigenvalue weighted by Gasteiger charge is 2.13. The van der Waals surface area contributed by atoms with Crippen LogP contribution in [0, 0.1) is 0 Å². The third kappa shape index (κ3) is 3.59. The fourth-order valence-electron chi connectivity index (χ4n) is 0.455. The van der Waals surface area contributed by atoms with Gasteiger partial charge in [-0.25, -0.2) is 0 Å². The van der Waals surface area contributed by atoms with Crippen LogP contribution in [0.25, 0.3) is 0 Å². The maximum atomic E-state index is 10.6. The van der Waals surface area contributed by atoms with Gasteiger partial charge in [-0.15, -0.1) is 0 Å². The molecule has 0 aromatic heterocycles. The molecule has 0 aliphatic rings. The topological polar surface area (TPSA) is 98.0 Å². The molecule has 0 bridgehead atoms. The fraction of sp³-hybridized carbons (Fsp3) is 0.500. The Morgan fingerprint density at radius 1 is 1.55 bits per heavy atom. The zero-order valence-corrected chi connectivity index (χ0v) is 5.77. The van der Waals surface area contributed by atoms with Gasteiger partial charge in [-0.1, -0.05) is 0 Å². The summed E-state index contributed by atoms with van der Waals surface area (Å²) >= 11 is 0.